The molecule has 28 heavy (non-hydrogen) atoms. The van der Waals surface area contributed by atoms with E-state index in [2.05, 4.69) is 10.6 Å². The highest BCUT2D eigenvalue weighted by Gasteiger charge is 2.48. The second-order valence-corrected chi connectivity index (χ2v) is 8.58. The maximum Gasteiger partial charge on any atom is 0.324 e. The van der Waals surface area contributed by atoms with Crippen molar-refractivity contribution < 1.29 is 19.1 Å². The quantitative estimate of drug-likeness (QED) is 0.698. The molecular formula is C20H36N4O4. The van der Waals surface area contributed by atoms with Gasteiger partial charge in [0.25, 0.3) is 0 Å². The van der Waals surface area contributed by atoms with Crippen LogP contribution in [-0.4, -0.2) is 87.1 Å². The number of rotatable bonds is 6. The van der Waals surface area contributed by atoms with E-state index < -0.39 is 5.79 Å². The average Bonchev–Trinajstić information content (AvgIpc) is 3.12. The smallest absolute Gasteiger partial charge is 0.324 e. The van der Waals surface area contributed by atoms with Crippen LogP contribution in [0.3, 0.4) is 0 Å². The summed E-state index contributed by atoms with van der Waals surface area (Å²) >= 11 is 0. The number of carbonyl (C=O) groups is 2. The van der Waals surface area contributed by atoms with Crippen LogP contribution < -0.4 is 10.6 Å². The zero-order valence-electron chi connectivity index (χ0n) is 17.5. The molecule has 3 fully saturated rings. The van der Waals surface area contributed by atoms with Crippen molar-refractivity contribution in [1.29, 1.82) is 0 Å². The van der Waals surface area contributed by atoms with Gasteiger partial charge in [0.2, 0.25) is 5.91 Å². The number of piperidine rings is 1. The Labute approximate surface area is 168 Å². The molecule has 0 aromatic rings. The molecule has 2 N–H and O–H groups in total. The van der Waals surface area contributed by atoms with Gasteiger partial charge in [0.15, 0.2) is 5.79 Å². The van der Waals surface area contributed by atoms with Crippen LogP contribution in [0.5, 0.6) is 0 Å². The molecular weight excluding hydrogens is 360 g/mol. The van der Waals surface area contributed by atoms with E-state index in [0.29, 0.717) is 44.8 Å². The Balaban J connectivity index is 1.59. The minimum Gasteiger partial charge on any atom is -0.348 e. The standard InChI is InChI=1S/C20H36N4O4/c1-4-8-24(19(26)21-7-9-23(2)3)18(25)16-12-15-13-20(27-10-11-28-20)6-5-17(15)22-14-16/h15-17,22H,4-14H2,1-3H3,(H,21,26)/t15-,16-,17-/m1/s1. The molecule has 3 amide bonds. The minimum absolute atomic E-state index is 0.0666. The van der Waals surface area contributed by atoms with Crippen molar-refractivity contribution in [2.24, 2.45) is 11.8 Å². The molecule has 8 nitrogen and oxygen atoms in total. The molecule has 3 rings (SSSR count). The van der Waals surface area contributed by atoms with Crippen LogP contribution >= 0.6 is 0 Å². The fourth-order valence-corrected chi connectivity index (χ4v) is 4.70. The number of nitrogens with zero attached hydrogens (tertiary/aromatic N) is 2. The number of fused-ring (bicyclic) bond motifs is 1. The predicted octanol–water partition coefficient (Wildman–Crippen LogP) is 1.02. The number of likely N-dealkylation sites (N-methyl/N-ethyl adjacent to an activating group) is 1. The zero-order chi connectivity index (χ0) is 20.1. The Morgan fingerprint density at radius 1 is 1.21 bits per heavy atom. The van der Waals surface area contributed by atoms with Gasteiger partial charge in [-0.3, -0.25) is 9.69 Å². The maximum atomic E-state index is 13.2. The summed E-state index contributed by atoms with van der Waals surface area (Å²) in [6, 6.07) is 0.134. The van der Waals surface area contributed by atoms with Crippen LogP contribution in [0, 0.1) is 11.8 Å². The number of amides is 3. The van der Waals surface area contributed by atoms with Gasteiger partial charge < -0.3 is 25.0 Å². The molecule has 2 aliphatic heterocycles. The molecule has 1 aliphatic carbocycles. The topological polar surface area (TPSA) is 83.1 Å². The monoisotopic (exact) mass is 396 g/mol. The molecule has 0 bridgehead atoms. The summed E-state index contributed by atoms with van der Waals surface area (Å²) in [5, 5.41) is 6.43. The lowest BCUT2D eigenvalue weighted by Gasteiger charge is -2.46. The molecule has 2 heterocycles. The number of nitrogens with one attached hydrogen (secondary N) is 2. The van der Waals surface area contributed by atoms with Gasteiger partial charge in [-0.2, -0.15) is 0 Å². The lowest BCUT2D eigenvalue weighted by Crippen LogP contribution is -2.56. The van der Waals surface area contributed by atoms with Crippen molar-refractivity contribution in [1.82, 2.24) is 20.4 Å². The summed E-state index contributed by atoms with van der Waals surface area (Å²) in [4.78, 5) is 29.2. The van der Waals surface area contributed by atoms with E-state index in [0.717, 1.165) is 38.6 Å². The zero-order valence-corrected chi connectivity index (χ0v) is 17.5. The van der Waals surface area contributed by atoms with Crippen molar-refractivity contribution >= 4 is 11.9 Å². The molecule has 8 heteroatoms. The van der Waals surface area contributed by atoms with Gasteiger partial charge in [-0.1, -0.05) is 6.92 Å². The van der Waals surface area contributed by atoms with Crippen LogP contribution in [0.25, 0.3) is 0 Å². The van der Waals surface area contributed by atoms with Gasteiger partial charge in [-0.15, -0.1) is 0 Å². The van der Waals surface area contributed by atoms with Crippen LogP contribution in [0.15, 0.2) is 0 Å². The van der Waals surface area contributed by atoms with Crippen LogP contribution in [0.2, 0.25) is 0 Å². The van der Waals surface area contributed by atoms with Crippen molar-refractivity contribution in [3.8, 4) is 0 Å². The normalized spacial score (nSPS) is 28.9. The summed E-state index contributed by atoms with van der Waals surface area (Å²) < 4.78 is 11.8. The Bertz CT molecular complexity index is 550. The first-order valence-electron chi connectivity index (χ1n) is 10.7. The SMILES string of the molecule is CCCN(C(=O)NCCN(C)C)C(=O)[C@H]1CN[C@@H]2CCC3(C[C@H]2C1)OCCO3. The molecule has 1 spiro atoms. The maximum absolute atomic E-state index is 13.2. The third-order valence-electron chi connectivity index (χ3n) is 6.15. The summed E-state index contributed by atoms with van der Waals surface area (Å²) in [5.41, 5.74) is 0. The summed E-state index contributed by atoms with van der Waals surface area (Å²) in [6.45, 7) is 5.67. The molecule has 0 aromatic carbocycles. The van der Waals surface area contributed by atoms with Crippen molar-refractivity contribution in [2.75, 3.05) is 53.5 Å². The molecule has 0 radical (unpaired) electrons. The minimum atomic E-state index is -0.444. The van der Waals surface area contributed by atoms with Gasteiger partial charge >= 0.3 is 6.03 Å². The van der Waals surface area contributed by atoms with Gasteiger partial charge in [0.05, 0.1) is 19.1 Å². The third-order valence-corrected chi connectivity index (χ3v) is 6.15. The number of urea groups is 1. The van der Waals surface area contributed by atoms with Crippen LogP contribution in [0.1, 0.15) is 39.0 Å². The van der Waals surface area contributed by atoms with Crippen LogP contribution in [0.4, 0.5) is 4.79 Å². The Hall–Kier alpha value is -1.22. The van der Waals surface area contributed by atoms with E-state index in [1.165, 1.54) is 4.90 Å². The second-order valence-electron chi connectivity index (χ2n) is 8.58. The first-order valence-corrected chi connectivity index (χ1v) is 10.7. The fraction of sp³-hybridized carbons (Fsp3) is 0.900. The Kier molecular flexibility index (Phi) is 7.31. The van der Waals surface area contributed by atoms with Crippen molar-refractivity contribution in [2.45, 2.75) is 50.9 Å². The molecule has 2 saturated heterocycles. The fourth-order valence-electron chi connectivity index (χ4n) is 4.70. The molecule has 160 valence electrons. The first kappa shape index (κ1) is 21.5. The lowest BCUT2D eigenvalue weighted by atomic mass is 9.73. The number of imide groups is 1. The second kappa shape index (κ2) is 9.52. The highest BCUT2D eigenvalue weighted by molar-refractivity contribution is 5.95. The molecule has 1 saturated carbocycles. The largest absolute Gasteiger partial charge is 0.348 e. The number of carbonyl (C=O) groups excluding carboxylic acids is 2. The highest BCUT2D eigenvalue weighted by atomic mass is 16.7. The summed E-state index contributed by atoms with van der Waals surface area (Å²) in [6.07, 6.45) is 4.29. The van der Waals surface area contributed by atoms with E-state index in [1.807, 2.05) is 25.9 Å². The summed E-state index contributed by atoms with van der Waals surface area (Å²) in [5.74, 6) is -0.345. The molecule has 0 unspecified atom stereocenters. The molecule has 3 aliphatic rings. The third kappa shape index (κ3) is 5.03. The van der Waals surface area contributed by atoms with E-state index in [9.17, 15) is 9.59 Å². The van der Waals surface area contributed by atoms with Gasteiger partial charge in [-0.25, -0.2) is 4.79 Å². The predicted molar refractivity (Wildman–Crippen MR) is 106 cm³/mol. The first-order chi connectivity index (χ1) is 13.4. The van der Waals surface area contributed by atoms with Crippen molar-refractivity contribution in [3.05, 3.63) is 0 Å². The van der Waals surface area contributed by atoms with E-state index in [1.54, 1.807) is 0 Å². The Morgan fingerprint density at radius 3 is 2.64 bits per heavy atom. The van der Waals surface area contributed by atoms with Crippen molar-refractivity contribution in [3.63, 3.8) is 0 Å². The van der Waals surface area contributed by atoms with E-state index >= 15 is 0 Å². The molecule has 3 atom stereocenters. The Morgan fingerprint density at radius 2 is 1.96 bits per heavy atom. The van der Waals surface area contributed by atoms with Gasteiger partial charge in [-0.05, 0) is 39.3 Å². The highest BCUT2D eigenvalue weighted by Crippen LogP contribution is 2.42. The number of hydrogen-bond donors (Lipinski definition) is 2. The molecule has 0 aromatic heterocycles. The number of ether oxygens (including phenoxy) is 2. The van der Waals surface area contributed by atoms with Crippen LogP contribution in [-0.2, 0) is 14.3 Å². The van der Waals surface area contributed by atoms with E-state index in [4.69, 9.17) is 9.47 Å². The number of hydrogen-bond acceptors (Lipinski definition) is 6. The van der Waals surface area contributed by atoms with E-state index in [-0.39, 0.29) is 17.9 Å². The van der Waals surface area contributed by atoms with Gasteiger partial charge in [0.1, 0.15) is 0 Å². The lowest BCUT2D eigenvalue weighted by molar-refractivity contribution is -0.195. The summed E-state index contributed by atoms with van der Waals surface area (Å²) in [7, 11) is 3.92. The van der Waals surface area contributed by atoms with Gasteiger partial charge in [0, 0.05) is 45.1 Å². The average molecular weight is 397 g/mol.